The molecule has 1 aliphatic heterocycles. The van der Waals surface area contributed by atoms with Crippen LogP contribution in [0.3, 0.4) is 0 Å². The summed E-state index contributed by atoms with van der Waals surface area (Å²) in [6.07, 6.45) is 23.0. The van der Waals surface area contributed by atoms with Gasteiger partial charge in [0.15, 0.2) is 0 Å². The minimum atomic E-state index is 0.269. The van der Waals surface area contributed by atoms with Crippen LogP contribution in [0.25, 0.3) is 5.57 Å². The SMILES string of the molecule is C=C(C)c1ccc(C2(C)CCN(CC3=C(C4=CC=CCC=C4)CCC=C3)CC2)cc1CC. The van der Waals surface area contributed by atoms with Gasteiger partial charge in [-0.1, -0.05) is 86.7 Å². The van der Waals surface area contributed by atoms with Crippen molar-refractivity contribution in [1.29, 1.82) is 0 Å². The molecule has 1 fully saturated rings. The van der Waals surface area contributed by atoms with Crippen LogP contribution in [0.4, 0.5) is 0 Å². The van der Waals surface area contributed by atoms with E-state index in [4.69, 9.17) is 0 Å². The Morgan fingerprint density at radius 3 is 2.66 bits per heavy atom. The summed E-state index contributed by atoms with van der Waals surface area (Å²) in [5.74, 6) is 0. The van der Waals surface area contributed by atoms with E-state index in [9.17, 15) is 0 Å². The van der Waals surface area contributed by atoms with Crippen LogP contribution < -0.4 is 0 Å². The maximum atomic E-state index is 4.18. The third-order valence-electron chi connectivity index (χ3n) is 7.59. The van der Waals surface area contributed by atoms with E-state index < -0.39 is 0 Å². The Kier molecular flexibility index (Phi) is 7.16. The molecule has 0 spiro atoms. The van der Waals surface area contributed by atoms with Crippen LogP contribution in [0.2, 0.25) is 0 Å². The molecule has 32 heavy (non-hydrogen) atoms. The topological polar surface area (TPSA) is 3.24 Å². The van der Waals surface area contributed by atoms with Crippen LogP contribution in [0, 0.1) is 0 Å². The minimum Gasteiger partial charge on any atom is -0.299 e. The summed E-state index contributed by atoms with van der Waals surface area (Å²) >= 11 is 0. The van der Waals surface area contributed by atoms with Crippen molar-refractivity contribution in [1.82, 2.24) is 4.90 Å². The zero-order chi connectivity index (χ0) is 22.6. The van der Waals surface area contributed by atoms with Gasteiger partial charge < -0.3 is 0 Å². The first-order chi connectivity index (χ1) is 15.5. The average molecular weight is 426 g/mol. The highest BCUT2D eigenvalue weighted by molar-refractivity contribution is 5.65. The molecule has 0 amide bonds. The molecule has 1 heterocycles. The van der Waals surface area contributed by atoms with Gasteiger partial charge in [0.1, 0.15) is 0 Å². The van der Waals surface area contributed by atoms with Crippen molar-refractivity contribution in [3.63, 3.8) is 0 Å². The number of nitrogens with zero attached hydrogens (tertiary/aromatic N) is 1. The molecule has 1 heteroatoms. The van der Waals surface area contributed by atoms with E-state index in [0.29, 0.717) is 0 Å². The summed E-state index contributed by atoms with van der Waals surface area (Å²) in [6, 6.07) is 7.13. The molecular formula is C31H39N. The van der Waals surface area contributed by atoms with Crippen LogP contribution in [-0.2, 0) is 11.8 Å². The van der Waals surface area contributed by atoms with Crippen LogP contribution in [-0.4, -0.2) is 24.5 Å². The quantitative estimate of drug-likeness (QED) is 0.451. The van der Waals surface area contributed by atoms with Crippen LogP contribution in [0.1, 0.15) is 69.6 Å². The number of rotatable bonds is 6. The molecule has 0 unspecified atom stereocenters. The number of hydrogen-bond acceptors (Lipinski definition) is 1. The molecule has 1 aromatic carbocycles. The average Bonchev–Trinajstić information content (AvgIpc) is 3.10. The lowest BCUT2D eigenvalue weighted by Crippen LogP contribution is -2.41. The molecule has 0 aromatic heterocycles. The van der Waals surface area contributed by atoms with Gasteiger partial charge in [-0.3, -0.25) is 4.90 Å². The number of hydrogen-bond donors (Lipinski definition) is 0. The summed E-state index contributed by atoms with van der Waals surface area (Å²) in [6.45, 7) is 14.4. The molecule has 1 aromatic rings. The Hall–Kier alpha value is -2.38. The maximum absolute atomic E-state index is 4.18. The second-order valence-corrected chi connectivity index (χ2v) is 9.98. The molecule has 1 saturated heterocycles. The van der Waals surface area contributed by atoms with Crippen molar-refractivity contribution in [3.05, 3.63) is 101 Å². The van der Waals surface area contributed by atoms with Gasteiger partial charge in [0.05, 0.1) is 0 Å². The third-order valence-corrected chi connectivity index (χ3v) is 7.59. The van der Waals surface area contributed by atoms with Crippen LogP contribution in [0.15, 0.2) is 84.0 Å². The van der Waals surface area contributed by atoms with Gasteiger partial charge in [-0.25, -0.2) is 0 Å². The Morgan fingerprint density at radius 1 is 1.09 bits per heavy atom. The monoisotopic (exact) mass is 425 g/mol. The van der Waals surface area contributed by atoms with E-state index in [1.165, 1.54) is 59.3 Å². The molecule has 3 aliphatic rings. The second-order valence-electron chi connectivity index (χ2n) is 9.98. The highest BCUT2D eigenvalue weighted by atomic mass is 15.1. The number of piperidine rings is 1. The van der Waals surface area contributed by atoms with Crippen LogP contribution >= 0.6 is 0 Å². The smallest absolute Gasteiger partial charge is 0.0236 e. The number of likely N-dealkylation sites (tertiary alicyclic amines) is 1. The zero-order valence-corrected chi connectivity index (χ0v) is 20.3. The molecule has 0 N–H and O–H groups in total. The first kappa shape index (κ1) is 22.8. The Labute approximate surface area is 195 Å². The van der Waals surface area contributed by atoms with Crippen molar-refractivity contribution >= 4 is 5.57 Å². The number of aryl methyl sites for hydroxylation is 1. The van der Waals surface area contributed by atoms with Gasteiger partial charge in [0.25, 0.3) is 0 Å². The Bertz CT molecular complexity index is 1000. The van der Waals surface area contributed by atoms with E-state index in [2.05, 4.69) is 93.0 Å². The molecule has 4 rings (SSSR count). The lowest BCUT2D eigenvalue weighted by atomic mass is 9.73. The molecule has 0 atom stereocenters. The van der Waals surface area contributed by atoms with E-state index in [-0.39, 0.29) is 5.41 Å². The van der Waals surface area contributed by atoms with Crippen molar-refractivity contribution in [3.8, 4) is 0 Å². The summed E-state index contributed by atoms with van der Waals surface area (Å²) in [4.78, 5) is 2.67. The second kappa shape index (κ2) is 10.0. The normalized spacial score (nSPS) is 20.9. The summed E-state index contributed by atoms with van der Waals surface area (Å²) in [5.41, 5.74) is 10.2. The zero-order valence-electron chi connectivity index (χ0n) is 20.3. The molecule has 0 bridgehead atoms. The van der Waals surface area contributed by atoms with E-state index >= 15 is 0 Å². The minimum absolute atomic E-state index is 0.269. The standard InChI is InChI=1S/C31H39N/c1-5-25-22-28(16-17-29(25)24(2)3)31(4)18-20-32(21-19-31)23-27-14-10-11-15-30(27)26-12-8-6-7-9-13-26/h6,8-10,12-14,16-17,22H,2,5,7,11,15,18-21,23H2,1,3-4H3. The lowest BCUT2D eigenvalue weighted by Gasteiger charge is -2.40. The third kappa shape index (κ3) is 4.99. The predicted molar refractivity (Wildman–Crippen MR) is 140 cm³/mol. The van der Waals surface area contributed by atoms with Gasteiger partial charge in [0, 0.05) is 6.54 Å². The summed E-state index contributed by atoms with van der Waals surface area (Å²) in [5, 5.41) is 0. The van der Waals surface area contributed by atoms with Crippen molar-refractivity contribution in [2.75, 3.05) is 19.6 Å². The fourth-order valence-corrected chi connectivity index (χ4v) is 5.39. The summed E-state index contributed by atoms with van der Waals surface area (Å²) < 4.78 is 0. The number of allylic oxidation sites excluding steroid dienone is 9. The summed E-state index contributed by atoms with van der Waals surface area (Å²) in [7, 11) is 0. The molecule has 168 valence electrons. The van der Waals surface area contributed by atoms with Crippen molar-refractivity contribution < 1.29 is 0 Å². The van der Waals surface area contributed by atoms with Gasteiger partial charge in [0.2, 0.25) is 0 Å². The van der Waals surface area contributed by atoms with Crippen LogP contribution in [0.5, 0.6) is 0 Å². The fourth-order valence-electron chi connectivity index (χ4n) is 5.39. The highest BCUT2D eigenvalue weighted by Crippen LogP contribution is 2.37. The highest BCUT2D eigenvalue weighted by Gasteiger charge is 2.32. The Morgan fingerprint density at radius 2 is 1.91 bits per heavy atom. The number of benzene rings is 1. The van der Waals surface area contributed by atoms with Crippen molar-refractivity contribution in [2.45, 2.75) is 64.7 Å². The van der Waals surface area contributed by atoms with Gasteiger partial charge in [-0.15, -0.1) is 0 Å². The lowest BCUT2D eigenvalue weighted by molar-refractivity contribution is 0.180. The van der Waals surface area contributed by atoms with Gasteiger partial charge >= 0.3 is 0 Å². The first-order valence-corrected chi connectivity index (χ1v) is 12.4. The molecule has 2 aliphatic carbocycles. The molecule has 1 nitrogen and oxygen atoms in total. The van der Waals surface area contributed by atoms with Crippen molar-refractivity contribution in [2.24, 2.45) is 0 Å². The Balaban J connectivity index is 1.47. The predicted octanol–water partition coefficient (Wildman–Crippen LogP) is 7.72. The fraction of sp³-hybridized carbons (Fsp3) is 0.419. The van der Waals surface area contributed by atoms with Gasteiger partial charge in [-0.05, 0) is 97.4 Å². The molecular weight excluding hydrogens is 386 g/mol. The van der Waals surface area contributed by atoms with E-state index in [0.717, 1.165) is 32.2 Å². The first-order valence-electron chi connectivity index (χ1n) is 12.4. The van der Waals surface area contributed by atoms with E-state index in [1.807, 2.05) is 0 Å². The molecule has 0 saturated carbocycles. The van der Waals surface area contributed by atoms with E-state index in [1.54, 1.807) is 5.57 Å². The van der Waals surface area contributed by atoms with Gasteiger partial charge in [-0.2, -0.15) is 0 Å². The molecule has 0 radical (unpaired) electrons. The largest absolute Gasteiger partial charge is 0.299 e. The maximum Gasteiger partial charge on any atom is 0.0236 e.